The van der Waals surface area contributed by atoms with Crippen molar-refractivity contribution in [2.45, 2.75) is 32.4 Å². The number of nitrogens with one attached hydrogen (secondary N) is 1. The molecule has 0 bridgehead atoms. The van der Waals surface area contributed by atoms with E-state index in [0.717, 1.165) is 37.3 Å². The van der Waals surface area contributed by atoms with Crippen molar-refractivity contribution >= 4 is 11.0 Å². The van der Waals surface area contributed by atoms with Gasteiger partial charge in [0.05, 0.1) is 18.2 Å². The zero-order valence-electron chi connectivity index (χ0n) is 11.6. The van der Waals surface area contributed by atoms with Gasteiger partial charge in [-0.3, -0.25) is 4.90 Å². The molecule has 1 saturated heterocycles. The Morgan fingerprint density at radius 2 is 2.40 bits per heavy atom. The lowest BCUT2D eigenvalue weighted by Gasteiger charge is -2.33. The highest BCUT2D eigenvalue weighted by molar-refractivity contribution is 5.75. The number of fused-ring (bicyclic) bond motifs is 1. The van der Waals surface area contributed by atoms with Gasteiger partial charge >= 0.3 is 0 Å². The Morgan fingerprint density at radius 3 is 3.15 bits per heavy atom. The van der Waals surface area contributed by atoms with Gasteiger partial charge in [0.2, 0.25) is 0 Å². The second kappa shape index (κ2) is 5.50. The molecule has 1 fully saturated rings. The summed E-state index contributed by atoms with van der Waals surface area (Å²) >= 11 is 0. The normalized spacial score (nSPS) is 22.2. The number of H-pyrrole nitrogens is 1. The van der Waals surface area contributed by atoms with E-state index in [-0.39, 0.29) is 11.9 Å². The molecule has 2 unspecified atom stereocenters. The molecule has 5 heteroatoms. The molecule has 4 nitrogen and oxygen atoms in total. The van der Waals surface area contributed by atoms with E-state index in [0.29, 0.717) is 18.0 Å². The van der Waals surface area contributed by atoms with E-state index in [2.05, 4.69) is 14.9 Å². The Hall–Kier alpha value is -1.46. The molecule has 0 aliphatic carbocycles. The van der Waals surface area contributed by atoms with Crippen LogP contribution in [0.2, 0.25) is 0 Å². The number of nitrogens with zero attached hydrogens (tertiary/aromatic N) is 2. The second-order valence-electron chi connectivity index (χ2n) is 5.70. The summed E-state index contributed by atoms with van der Waals surface area (Å²) in [5.41, 5.74) is 1.15. The smallest absolute Gasteiger partial charge is 0.151 e. The van der Waals surface area contributed by atoms with E-state index in [1.165, 1.54) is 6.07 Å². The predicted molar refractivity (Wildman–Crippen MR) is 75.7 cm³/mol. The van der Waals surface area contributed by atoms with E-state index in [1.807, 2.05) is 13.0 Å². The number of aliphatic hydroxyl groups excluding tert-OH is 1. The summed E-state index contributed by atoms with van der Waals surface area (Å²) in [4.78, 5) is 9.79. The Morgan fingerprint density at radius 1 is 1.55 bits per heavy atom. The summed E-state index contributed by atoms with van der Waals surface area (Å²) < 4.78 is 13.6. The number of para-hydroxylation sites is 1. The Bertz CT molecular complexity index is 596. The number of likely N-dealkylation sites (tertiary alicyclic amines) is 1. The first-order valence-corrected chi connectivity index (χ1v) is 7.17. The predicted octanol–water partition coefficient (Wildman–Crippen LogP) is 2.29. The van der Waals surface area contributed by atoms with Crippen LogP contribution in [0.5, 0.6) is 0 Å². The lowest BCUT2D eigenvalue weighted by molar-refractivity contribution is 0.0590. The van der Waals surface area contributed by atoms with Gasteiger partial charge < -0.3 is 10.1 Å². The van der Waals surface area contributed by atoms with Crippen LogP contribution in [-0.2, 0) is 6.54 Å². The molecule has 1 aliphatic heterocycles. The zero-order valence-corrected chi connectivity index (χ0v) is 11.6. The van der Waals surface area contributed by atoms with Crippen molar-refractivity contribution < 1.29 is 9.50 Å². The van der Waals surface area contributed by atoms with Gasteiger partial charge in [-0.2, -0.15) is 0 Å². The van der Waals surface area contributed by atoms with Crippen LogP contribution < -0.4 is 0 Å². The summed E-state index contributed by atoms with van der Waals surface area (Å²) in [6, 6.07) is 4.95. The minimum Gasteiger partial charge on any atom is -0.393 e. The lowest BCUT2D eigenvalue weighted by atomic mass is 9.93. The number of rotatable bonds is 3. The summed E-state index contributed by atoms with van der Waals surface area (Å²) in [7, 11) is 0. The maximum absolute atomic E-state index is 13.6. The Balaban J connectivity index is 1.74. The van der Waals surface area contributed by atoms with Crippen LogP contribution in [0, 0.1) is 11.7 Å². The number of piperidine rings is 1. The number of imidazole rings is 1. The molecule has 2 atom stereocenters. The van der Waals surface area contributed by atoms with Crippen molar-refractivity contribution in [3.05, 3.63) is 29.8 Å². The molecule has 2 N–H and O–H groups in total. The molecular formula is C15H20FN3O. The van der Waals surface area contributed by atoms with Gasteiger partial charge in [-0.05, 0) is 44.4 Å². The largest absolute Gasteiger partial charge is 0.393 e. The molecule has 1 aromatic heterocycles. The third-order valence-electron chi connectivity index (χ3n) is 4.11. The molecule has 0 amide bonds. The number of hydrogen-bond donors (Lipinski definition) is 2. The first-order valence-electron chi connectivity index (χ1n) is 7.17. The number of benzene rings is 1. The van der Waals surface area contributed by atoms with Gasteiger partial charge in [0.1, 0.15) is 11.3 Å². The fourth-order valence-electron chi connectivity index (χ4n) is 2.96. The van der Waals surface area contributed by atoms with Crippen molar-refractivity contribution in [2.75, 3.05) is 13.1 Å². The molecular weight excluding hydrogens is 257 g/mol. The quantitative estimate of drug-likeness (QED) is 0.905. The number of halogens is 1. The van der Waals surface area contributed by atoms with Gasteiger partial charge in [-0.1, -0.05) is 6.07 Å². The highest BCUT2D eigenvalue weighted by Crippen LogP contribution is 2.22. The minimum atomic E-state index is -0.287. The minimum absolute atomic E-state index is 0.272. The third-order valence-corrected chi connectivity index (χ3v) is 4.11. The van der Waals surface area contributed by atoms with Crippen LogP contribution in [0.1, 0.15) is 25.6 Å². The van der Waals surface area contributed by atoms with Gasteiger partial charge in [-0.25, -0.2) is 9.37 Å². The van der Waals surface area contributed by atoms with Crippen molar-refractivity contribution in [1.82, 2.24) is 14.9 Å². The second-order valence-corrected chi connectivity index (χ2v) is 5.70. The number of aromatic amines is 1. The fraction of sp³-hybridized carbons (Fsp3) is 0.533. The number of hydrogen-bond acceptors (Lipinski definition) is 3. The van der Waals surface area contributed by atoms with E-state index in [9.17, 15) is 9.50 Å². The molecule has 3 rings (SSSR count). The fourth-order valence-corrected chi connectivity index (χ4v) is 2.96. The maximum atomic E-state index is 13.6. The van der Waals surface area contributed by atoms with E-state index < -0.39 is 0 Å². The van der Waals surface area contributed by atoms with Crippen molar-refractivity contribution in [2.24, 2.45) is 5.92 Å². The molecule has 0 spiro atoms. The van der Waals surface area contributed by atoms with Crippen LogP contribution in [0.4, 0.5) is 4.39 Å². The standard InChI is InChI=1S/C15H20FN3O/c1-10(20)11-4-3-7-19(8-11)9-14-17-13-6-2-5-12(16)15(13)18-14/h2,5-6,10-11,20H,3-4,7-9H2,1H3,(H,17,18). The summed E-state index contributed by atoms with van der Waals surface area (Å²) in [6.07, 6.45) is 1.89. The SMILES string of the molecule is CC(O)C1CCCN(Cc2nc3c(F)cccc3[nH]2)C1. The van der Waals surface area contributed by atoms with E-state index in [4.69, 9.17) is 0 Å². The third kappa shape index (κ3) is 2.69. The molecule has 0 radical (unpaired) electrons. The van der Waals surface area contributed by atoms with E-state index in [1.54, 1.807) is 6.07 Å². The average Bonchev–Trinajstić information content (AvgIpc) is 2.83. The first-order chi connectivity index (χ1) is 9.63. The molecule has 1 aromatic carbocycles. The molecule has 0 saturated carbocycles. The van der Waals surface area contributed by atoms with Gasteiger partial charge in [-0.15, -0.1) is 0 Å². The number of aromatic nitrogens is 2. The van der Waals surface area contributed by atoms with Gasteiger partial charge in [0, 0.05) is 6.54 Å². The monoisotopic (exact) mass is 277 g/mol. The van der Waals surface area contributed by atoms with Crippen LogP contribution in [0.15, 0.2) is 18.2 Å². The highest BCUT2D eigenvalue weighted by atomic mass is 19.1. The van der Waals surface area contributed by atoms with Crippen molar-refractivity contribution in [1.29, 1.82) is 0 Å². The van der Waals surface area contributed by atoms with E-state index >= 15 is 0 Å². The topological polar surface area (TPSA) is 52.1 Å². The van der Waals surface area contributed by atoms with Crippen LogP contribution in [0.25, 0.3) is 11.0 Å². The highest BCUT2D eigenvalue weighted by Gasteiger charge is 2.24. The molecule has 20 heavy (non-hydrogen) atoms. The zero-order chi connectivity index (χ0) is 14.1. The molecule has 108 valence electrons. The maximum Gasteiger partial charge on any atom is 0.151 e. The Kier molecular flexibility index (Phi) is 3.72. The average molecular weight is 277 g/mol. The summed E-state index contributed by atoms with van der Waals surface area (Å²) in [5, 5.41) is 9.71. The summed E-state index contributed by atoms with van der Waals surface area (Å²) in [6.45, 7) is 4.40. The van der Waals surface area contributed by atoms with Gasteiger partial charge in [0.25, 0.3) is 0 Å². The molecule has 2 heterocycles. The van der Waals surface area contributed by atoms with Gasteiger partial charge in [0.15, 0.2) is 5.82 Å². The lowest BCUT2D eigenvalue weighted by Crippen LogP contribution is -2.39. The van der Waals surface area contributed by atoms with Crippen molar-refractivity contribution in [3.63, 3.8) is 0 Å². The molecule has 2 aromatic rings. The van der Waals surface area contributed by atoms with Crippen molar-refractivity contribution in [3.8, 4) is 0 Å². The van der Waals surface area contributed by atoms with Crippen LogP contribution in [-0.4, -0.2) is 39.2 Å². The molecule has 1 aliphatic rings. The summed E-state index contributed by atoms with van der Waals surface area (Å²) in [5.74, 6) is 0.826. The van der Waals surface area contributed by atoms with Crippen LogP contribution in [0.3, 0.4) is 0 Å². The van der Waals surface area contributed by atoms with Crippen LogP contribution >= 0.6 is 0 Å². The number of aliphatic hydroxyl groups is 1. The first kappa shape index (κ1) is 13.5. The Labute approximate surface area is 117 Å².